The third-order valence-electron chi connectivity index (χ3n) is 8.80. The minimum Gasteiger partial charge on any atom is -0.493 e. The van der Waals surface area contributed by atoms with Crippen LogP contribution in [-0.2, 0) is 19.5 Å². The summed E-state index contributed by atoms with van der Waals surface area (Å²) in [7, 11) is 3.30. The summed E-state index contributed by atoms with van der Waals surface area (Å²) in [5, 5.41) is 0. The van der Waals surface area contributed by atoms with Crippen LogP contribution in [0, 0.1) is 0 Å². The minimum atomic E-state index is 0.121. The van der Waals surface area contributed by atoms with Crippen LogP contribution >= 0.6 is 0 Å². The van der Waals surface area contributed by atoms with Crippen LogP contribution in [0.1, 0.15) is 66.1 Å². The molecule has 0 atom stereocenters. The first kappa shape index (κ1) is 31.3. The fraction of sp³-hybridized carbons (Fsp3) is 0.359. The third-order valence-corrected chi connectivity index (χ3v) is 8.80. The summed E-state index contributed by atoms with van der Waals surface area (Å²) in [6.07, 6.45) is 6.65. The largest absolute Gasteiger partial charge is 0.493 e. The lowest BCUT2D eigenvalue weighted by Gasteiger charge is -2.39. The van der Waals surface area contributed by atoms with E-state index < -0.39 is 0 Å². The first-order chi connectivity index (χ1) is 21.6. The van der Waals surface area contributed by atoms with Gasteiger partial charge in [0.2, 0.25) is 0 Å². The zero-order valence-electron chi connectivity index (χ0n) is 26.5. The number of carbonyl (C=O) groups excluding carboxylic acids is 1. The Hall–Kier alpha value is -4.09. The van der Waals surface area contributed by atoms with Crippen molar-refractivity contribution in [3.05, 3.63) is 119 Å². The summed E-state index contributed by atoms with van der Waals surface area (Å²) in [4.78, 5) is 18.7. The molecule has 1 heterocycles. The Morgan fingerprint density at radius 1 is 0.750 bits per heavy atom. The average Bonchev–Trinajstić information content (AvgIpc) is 3.08. The van der Waals surface area contributed by atoms with Gasteiger partial charge in [-0.15, -0.1) is 0 Å². The Bertz CT molecular complexity index is 1460. The van der Waals surface area contributed by atoms with Crippen LogP contribution < -0.4 is 9.47 Å². The summed E-state index contributed by atoms with van der Waals surface area (Å²) < 4.78 is 10.9. The maximum absolute atomic E-state index is 14.1. The lowest BCUT2D eigenvalue weighted by Crippen LogP contribution is -2.46. The molecular formula is C39H46N2O3. The monoisotopic (exact) mass is 590 g/mol. The van der Waals surface area contributed by atoms with E-state index in [1.807, 2.05) is 30.3 Å². The fourth-order valence-electron chi connectivity index (χ4n) is 6.17. The number of nitrogens with zero attached hydrogens (tertiary/aromatic N) is 2. The van der Waals surface area contributed by atoms with Crippen molar-refractivity contribution in [2.24, 2.45) is 0 Å². The number of piperidine rings is 1. The van der Waals surface area contributed by atoms with E-state index >= 15 is 0 Å². The van der Waals surface area contributed by atoms with Crippen LogP contribution in [0.15, 0.2) is 97.1 Å². The molecule has 4 aromatic rings. The number of rotatable bonds is 13. The molecule has 5 nitrogen and oxygen atoms in total. The molecular weight excluding hydrogens is 544 g/mol. The summed E-state index contributed by atoms with van der Waals surface area (Å²) >= 11 is 0. The van der Waals surface area contributed by atoms with Crippen molar-refractivity contribution in [3.63, 3.8) is 0 Å². The van der Waals surface area contributed by atoms with Gasteiger partial charge in [0, 0.05) is 37.8 Å². The predicted octanol–water partition coefficient (Wildman–Crippen LogP) is 8.41. The number of benzene rings is 4. The van der Waals surface area contributed by atoms with Crippen LogP contribution in [0.25, 0.3) is 11.1 Å². The van der Waals surface area contributed by atoms with E-state index in [1.54, 1.807) is 14.2 Å². The Labute approximate surface area is 263 Å². The Kier molecular flexibility index (Phi) is 11.1. The maximum atomic E-state index is 14.1. The smallest absolute Gasteiger partial charge is 0.254 e. The lowest BCUT2D eigenvalue weighted by molar-refractivity contribution is 0.0543. The van der Waals surface area contributed by atoms with Gasteiger partial charge in [0.15, 0.2) is 11.5 Å². The minimum absolute atomic E-state index is 0.121. The van der Waals surface area contributed by atoms with Gasteiger partial charge in [-0.1, -0.05) is 92.6 Å². The summed E-state index contributed by atoms with van der Waals surface area (Å²) in [6.45, 7) is 5.74. The molecule has 0 spiro atoms. The van der Waals surface area contributed by atoms with Gasteiger partial charge < -0.3 is 14.4 Å². The summed E-state index contributed by atoms with van der Waals surface area (Å²) in [6, 6.07) is 33.7. The predicted molar refractivity (Wildman–Crippen MR) is 179 cm³/mol. The van der Waals surface area contributed by atoms with Gasteiger partial charge in [-0.3, -0.25) is 9.69 Å². The standard InChI is InChI=1S/C39H46N2O3/c1-4-5-7-10-30-13-19-34(20-14-30)39(42)41(36-23-25-40(26-24-36)28-31-11-8-6-9-12-31)29-32-15-17-33(18-16-32)35-21-22-37(43-2)38(27-35)44-3/h6,8-9,11-22,27,36H,4-5,7,10,23-26,28-29H2,1-3H3. The van der Waals surface area contributed by atoms with E-state index in [0.29, 0.717) is 18.0 Å². The first-order valence-electron chi connectivity index (χ1n) is 16.1. The molecule has 0 bridgehead atoms. The van der Waals surface area contributed by atoms with Crippen molar-refractivity contribution in [1.82, 2.24) is 9.80 Å². The number of hydrogen-bond acceptors (Lipinski definition) is 4. The number of carbonyl (C=O) groups is 1. The molecule has 0 saturated carbocycles. The van der Waals surface area contributed by atoms with Crippen molar-refractivity contribution < 1.29 is 14.3 Å². The van der Waals surface area contributed by atoms with E-state index in [4.69, 9.17) is 9.47 Å². The van der Waals surface area contributed by atoms with Crippen LogP contribution in [0.3, 0.4) is 0 Å². The van der Waals surface area contributed by atoms with Crippen molar-refractivity contribution in [2.75, 3.05) is 27.3 Å². The molecule has 1 amide bonds. The number of methoxy groups -OCH3 is 2. The number of aryl methyl sites for hydroxylation is 1. The highest BCUT2D eigenvalue weighted by Crippen LogP contribution is 2.32. The van der Waals surface area contributed by atoms with Gasteiger partial charge in [0.05, 0.1) is 14.2 Å². The molecule has 44 heavy (non-hydrogen) atoms. The molecule has 0 aromatic heterocycles. The molecule has 0 aliphatic carbocycles. The van der Waals surface area contributed by atoms with E-state index in [9.17, 15) is 4.79 Å². The van der Waals surface area contributed by atoms with Crippen LogP contribution in [0.5, 0.6) is 11.5 Å². The lowest BCUT2D eigenvalue weighted by atomic mass is 9.98. The molecule has 0 N–H and O–H groups in total. The average molecular weight is 591 g/mol. The van der Waals surface area contributed by atoms with Crippen molar-refractivity contribution in [2.45, 2.75) is 64.6 Å². The Morgan fingerprint density at radius 2 is 1.41 bits per heavy atom. The molecule has 1 saturated heterocycles. The molecule has 1 aliphatic heterocycles. The molecule has 5 heteroatoms. The van der Waals surface area contributed by atoms with Gasteiger partial charge in [0.1, 0.15) is 0 Å². The highest BCUT2D eigenvalue weighted by molar-refractivity contribution is 5.94. The van der Waals surface area contributed by atoms with Gasteiger partial charge in [-0.05, 0) is 77.8 Å². The number of likely N-dealkylation sites (tertiary alicyclic amines) is 1. The first-order valence-corrected chi connectivity index (χ1v) is 16.1. The van der Waals surface area contributed by atoms with Crippen molar-refractivity contribution in [1.29, 1.82) is 0 Å². The third kappa shape index (κ3) is 8.09. The van der Waals surface area contributed by atoms with Gasteiger partial charge in [-0.2, -0.15) is 0 Å². The van der Waals surface area contributed by atoms with Gasteiger partial charge in [-0.25, -0.2) is 0 Å². The van der Waals surface area contributed by atoms with Crippen molar-refractivity contribution >= 4 is 5.91 Å². The number of unbranched alkanes of at least 4 members (excludes halogenated alkanes) is 2. The molecule has 0 radical (unpaired) electrons. The molecule has 0 unspecified atom stereocenters. The highest BCUT2D eigenvalue weighted by atomic mass is 16.5. The molecule has 4 aromatic carbocycles. The summed E-state index contributed by atoms with van der Waals surface area (Å²) in [5.41, 5.74) is 6.71. The summed E-state index contributed by atoms with van der Waals surface area (Å²) in [5.74, 6) is 1.54. The molecule has 230 valence electrons. The van der Waals surface area contributed by atoms with Crippen molar-refractivity contribution in [3.8, 4) is 22.6 Å². The van der Waals surface area contributed by atoms with E-state index in [2.05, 4.69) is 83.5 Å². The maximum Gasteiger partial charge on any atom is 0.254 e. The number of amides is 1. The second-order valence-corrected chi connectivity index (χ2v) is 11.8. The molecule has 5 rings (SSSR count). The Balaban J connectivity index is 1.32. The van der Waals surface area contributed by atoms with Crippen LogP contribution in [0.4, 0.5) is 0 Å². The quantitative estimate of drug-likeness (QED) is 0.147. The zero-order chi connectivity index (χ0) is 30.7. The SMILES string of the molecule is CCCCCc1ccc(C(=O)N(Cc2ccc(-c3ccc(OC)c(OC)c3)cc2)C2CCN(Cc3ccccc3)CC2)cc1. The van der Waals surface area contributed by atoms with E-state index in [1.165, 1.54) is 30.4 Å². The van der Waals surface area contributed by atoms with Gasteiger partial charge in [0.25, 0.3) is 5.91 Å². The normalized spacial score (nSPS) is 13.9. The Morgan fingerprint density at radius 3 is 2.07 bits per heavy atom. The second-order valence-electron chi connectivity index (χ2n) is 11.8. The number of hydrogen-bond donors (Lipinski definition) is 0. The molecule has 1 aliphatic rings. The highest BCUT2D eigenvalue weighted by Gasteiger charge is 2.29. The zero-order valence-corrected chi connectivity index (χ0v) is 26.5. The number of ether oxygens (including phenoxy) is 2. The van der Waals surface area contributed by atoms with Gasteiger partial charge >= 0.3 is 0 Å². The topological polar surface area (TPSA) is 42.0 Å². The van der Waals surface area contributed by atoms with Crippen LogP contribution in [0.2, 0.25) is 0 Å². The van der Waals surface area contributed by atoms with Crippen LogP contribution in [-0.4, -0.2) is 49.1 Å². The van der Waals surface area contributed by atoms with E-state index in [0.717, 1.165) is 61.2 Å². The molecule has 1 fully saturated rings. The van der Waals surface area contributed by atoms with E-state index in [-0.39, 0.29) is 11.9 Å². The fourth-order valence-corrected chi connectivity index (χ4v) is 6.17. The second kappa shape index (κ2) is 15.6.